The Kier molecular flexibility index (Phi) is 4.49. The molecule has 0 amide bonds. The number of nitrogen functional groups attached to an aromatic ring is 1. The van der Waals surface area contributed by atoms with Gasteiger partial charge in [0.1, 0.15) is 17.4 Å². The second-order valence-electron chi connectivity index (χ2n) is 4.37. The Morgan fingerprint density at radius 2 is 2.20 bits per heavy atom. The summed E-state index contributed by atoms with van der Waals surface area (Å²) in [5.74, 6) is 6.07. The van der Waals surface area contributed by atoms with Crippen molar-refractivity contribution < 1.29 is 9.13 Å². The average molecular weight is 276 g/mol. The fraction of sp³-hybridized carbons (Fsp3) is 0.214. The Morgan fingerprint density at radius 3 is 2.85 bits per heavy atom. The SMILES string of the molecule is COc1cccc(F)c1C(Cc1ccnc(N)c1)NN. The van der Waals surface area contributed by atoms with Crippen molar-refractivity contribution in [3.05, 3.63) is 53.5 Å². The van der Waals surface area contributed by atoms with E-state index in [1.807, 2.05) is 6.07 Å². The number of halogens is 1. The van der Waals surface area contributed by atoms with E-state index in [2.05, 4.69) is 10.4 Å². The van der Waals surface area contributed by atoms with Gasteiger partial charge in [-0.05, 0) is 36.2 Å². The van der Waals surface area contributed by atoms with Crippen molar-refractivity contribution in [3.8, 4) is 5.75 Å². The number of benzene rings is 1. The van der Waals surface area contributed by atoms with Crippen LogP contribution in [-0.4, -0.2) is 12.1 Å². The van der Waals surface area contributed by atoms with Crippen LogP contribution in [0.1, 0.15) is 17.2 Å². The van der Waals surface area contributed by atoms with Crippen LogP contribution in [0.15, 0.2) is 36.5 Å². The lowest BCUT2D eigenvalue weighted by Crippen LogP contribution is -2.30. The summed E-state index contributed by atoms with van der Waals surface area (Å²) in [4.78, 5) is 3.92. The van der Waals surface area contributed by atoms with Gasteiger partial charge in [0.25, 0.3) is 0 Å². The molecule has 1 heterocycles. The maximum absolute atomic E-state index is 14.0. The Labute approximate surface area is 116 Å². The summed E-state index contributed by atoms with van der Waals surface area (Å²) in [6.07, 6.45) is 2.08. The van der Waals surface area contributed by atoms with Crippen LogP contribution in [-0.2, 0) is 6.42 Å². The zero-order chi connectivity index (χ0) is 14.5. The van der Waals surface area contributed by atoms with E-state index in [0.29, 0.717) is 23.6 Å². The first-order chi connectivity index (χ1) is 9.65. The van der Waals surface area contributed by atoms with Gasteiger partial charge in [0.15, 0.2) is 0 Å². The molecule has 2 rings (SSSR count). The molecule has 0 saturated heterocycles. The van der Waals surface area contributed by atoms with Crippen LogP contribution in [0, 0.1) is 5.82 Å². The molecule has 1 atom stereocenters. The molecule has 0 bridgehead atoms. The lowest BCUT2D eigenvalue weighted by Gasteiger charge is -2.20. The normalized spacial score (nSPS) is 12.2. The number of ether oxygens (including phenoxy) is 1. The van der Waals surface area contributed by atoms with Gasteiger partial charge < -0.3 is 10.5 Å². The highest BCUT2D eigenvalue weighted by atomic mass is 19.1. The van der Waals surface area contributed by atoms with Crippen molar-refractivity contribution in [1.82, 2.24) is 10.4 Å². The molecule has 1 aromatic heterocycles. The predicted octanol–water partition coefficient (Wildman–Crippen LogP) is 1.56. The van der Waals surface area contributed by atoms with Gasteiger partial charge in [0.2, 0.25) is 0 Å². The molecule has 0 aliphatic carbocycles. The molecule has 0 aliphatic heterocycles. The van der Waals surface area contributed by atoms with E-state index in [-0.39, 0.29) is 5.82 Å². The summed E-state index contributed by atoms with van der Waals surface area (Å²) in [5.41, 5.74) is 9.56. The number of rotatable bonds is 5. The first-order valence-electron chi connectivity index (χ1n) is 6.14. The van der Waals surface area contributed by atoms with Crippen molar-refractivity contribution in [2.24, 2.45) is 5.84 Å². The average Bonchev–Trinajstić information content (AvgIpc) is 2.45. The minimum Gasteiger partial charge on any atom is -0.496 e. The van der Waals surface area contributed by atoms with Crippen LogP contribution in [0.4, 0.5) is 10.2 Å². The Bertz CT molecular complexity index is 591. The maximum atomic E-state index is 14.0. The standard InChI is InChI=1S/C14H17FN4O/c1-20-12-4-2-3-10(15)14(12)11(19-17)7-9-5-6-18-13(16)8-9/h2-6,8,11,19H,7,17H2,1H3,(H2,16,18). The third-order valence-electron chi connectivity index (χ3n) is 3.07. The number of nitrogens with two attached hydrogens (primary N) is 2. The fourth-order valence-electron chi connectivity index (χ4n) is 2.13. The molecule has 5 nitrogen and oxygen atoms in total. The Hall–Kier alpha value is -2.18. The second-order valence-corrected chi connectivity index (χ2v) is 4.37. The number of hydrazine groups is 1. The zero-order valence-corrected chi connectivity index (χ0v) is 11.1. The van der Waals surface area contributed by atoms with E-state index in [4.69, 9.17) is 16.3 Å². The fourth-order valence-corrected chi connectivity index (χ4v) is 2.13. The molecule has 0 fully saturated rings. The lowest BCUT2D eigenvalue weighted by atomic mass is 9.98. The highest BCUT2D eigenvalue weighted by Gasteiger charge is 2.19. The third kappa shape index (κ3) is 3.04. The van der Waals surface area contributed by atoms with Crippen molar-refractivity contribution in [1.29, 1.82) is 0 Å². The summed E-state index contributed by atoms with van der Waals surface area (Å²) >= 11 is 0. The van der Waals surface area contributed by atoms with E-state index >= 15 is 0 Å². The molecule has 0 saturated carbocycles. The Morgan fingerprint density at radius 1 is 1.40 bits per heavy atom. The van der Waals surface area contributed by atoms with Crippen molar-refractivity contribution >= 4 is 5.82 Å². The first kappa shape index (κ1) is 14.2. The third-order valence-corrected chi connectivity index (χ3v) is 3.07. The molecular formula is C14H17FN4O. The van der Waals surface area contributed by atoms with E-state index in [9.17, 15) is 4.39 Å². The van der Waals surface area contributed by atoms with Gasteiger partial charge in [-0.15, -0.1) is 0 Å². The molecule has 1 unspecified atom stereocenters. The molecule has 5 N–H and O–H groups in total. The number of hydrogen-bond donors (Lipinski definition) is 3. The van der Waals surface area contributed by atoms with Crippen LogP contribution < -0.4 is 21.7 Å². The predicted molar refractivity (Wildman–Crippen MR) is 75.4 cm³/mol. The maximum Gasteiger partial charge on any atom is 0.131 e. The van der Waals surface area contributed by atoms with Gasteiger partial charge in [-0.1, -0.05) is 6.07 Å². The molecule has 2 aromatic rings. The smallest absolute Gasteiger partial charge is 0.131 e. The van der Waals surface area contributed by atoms with Crippen LogP contribution in [0.3, 0.4) is 0 Å². The molecule has 106 valence electrons. The van der Waals surface area contributed by atoms with Crippen molar-refractivity contribution in [2.45, 2.75) is 12.5 Å². The second kappa shape index (κ2) is 6.31. The summed E-state index contributed by atoms with van der Waals surface area (Å²) in [5, 5.41) is 0. The van der Waals surface area contributed by atoms with Crippen LogP contribution >= 0.6 is 0 Å². The number of methoxy groups -OCH3 is 1. The van der Waals surface area contributed by atoms with Gasteiger partial charge in [-0.2, -0.15) is 0 Å². The van der Waals surface area contributed by atoms with Crippen molar-refractivity contribution in [3.63, 3.8) is 0 Å². The number of nitrogens with one attached hydrogen (secondary N) is 1. The summed E-state index contributed by atoms with van der Waals surface area (Å²) < 4.78 is 19.2. The number of pyridine rings is 1. The molecular weight excluding hydrogens is 259 g/mol. The highest BCUT2D eigenvalue weighted by molar-refractivity contribution is 5.39. The minimum absolute atomic E-state index is 0.366. The largest absolute Gasteiger partial charge is 0.496 e. The summed E-state index contributed by atoms with van der Waals surface area (Å²) in [7, 11) is 1.50. The van der Waals surface area contributed by atoms with Crippen molar-refractivity contribution in [2.75, 3.05) is 12.8 Å². The number of nitrogens with zero attached hydrogens (tertiary/aromatic N) is 1. The number of aromatic nitrogens is 1. The highest BCUT2D eigenvalue weighted by Crippen LogP contribution is 2.29. The minimum atomic E-state index is -0.423. The van der Waals surface area contributed by atoms with E-state index in [1.54, 1.807) is 24.4 Å². The van der Waals surface area contributed by atoms with Gasteiger partial charge in [-0.3, -0.25) is 11.3 Å². The summed E-state index contributed by atoms with van der Waals surface area (Å²) in [6.45, 7) is 0. The molecule has 20 heavy (non-hydrogen) atoms. The van der Waals surface area contributed by atoms with Gasteiger partial charge in [-0.25, -0.2) is 9.37 Å². The summed E-state index contributed by atoms with van der Waals surface area (Å²) in [6, 6.07) is 7.79. The van der Waals surface area contributed by atoms with Crippen LogP contribution in [0.2, 0.25) is 0 Å². The molecule has 0 radical (unpaired) electrons. The zero-order valence-electron chi connectivity index (χ0n) is 11.1. The van der Waals surface area contributed by atoms with Gasteiger partial charge >= 0.3 is 0 Å². The van der Waals surface area contributed by atoms with E-state index in [1.165, 1.54) is 13.2 Å². The molecule has 0 aliphatic rings. The lowest BCUT2D eigenvalue weighted by molar-refractivity contribution is 0.390. The number of hydrogen-bond acceptors (Lipinski definition) is 5. The first-order valence-corrected chi connectivity index (χ1v) is 6.14. The Balaban J connectivity index is 2.33. The van der Waals surface area contributed by atoms with Crippen LogP contribution in [0.25, 0.3) is 0 Å². The van der Waals surface area contributed by atoms with Crippen LogP contribution in [0.5, 0.6) is 5.75 Å². The van der Waals surface area contributed by atoms with Gasteiger partial charge in [0, 0.05) is 11.8 Å². The topological polar surface area (TPSA) is 86.2 Å². The molecule has 0 spiro atoms. The van der Waals surface area contributed by atoms with E-state index < -0.39 is 6.04 Å². The quantitative estimate of drug-likeness (QED) is 0.570. The monoisotopic (exact) mass is 276 g/mol. The van der Waals surface area contributed by atoms with Gasteiger partial charge in [0.05, 0.1) is 13.2 Å². The van der Waals surface area contributed by atoms with E-state index in [0.717, 1.165) is 5.56 Å². The number of anilines is 1. The molecule has 1 aromatic carbocycles. The molecule has 6 heteroatoms.